The fourth-order valence-corrected chi connectivity index (χ4v) is 2.58. The van der Waals surface area contributed by atoms with E-state index in [4.69, 9.17) is 0 Å². The van der Waals surface area contributed by atoms with Crippen LogP contribution in [0.3, 0.4) is 0 Å². The van der Waals surface area contributed by atoms with Crippen molar-refractivity contribution in [3.05, 3.63) is 16.3 Å². The third kappa shape index (κ3) is 1.89. The Morgan fingerprint density at radius 1 is 1.54 bits per heavy atom. The highest BCUT2D eigenvalue weighted by Gasteiger charge is 2.18. The van der Waals surface area contributed by atoms with E-state index in [-0.39, 0.29) is 9.77 Å². The standard InChI is InChI=1S/C6H3NO4S2/c8-3-5-6(1-2-12-5)13(10,11)7-4-9/h1-3H. The minimum atomic E-state index is -4.03. The van der Waals surface area contributed by atoms with E-state index >= 15 is 0 Å². The van der Waals surface area contributed by atoms with Crippen LogP contribution in [0.2, 0.25) is 0 Å². The normalized spacial score (nSPS) is 10.5. The first kappa shape index (κ1) is 9.79. The summed E-state index contributed by atoms with van der Waals surface area (Å²) in [6.07, 6.45) is 1.32. The van der Waals surface area contributed by atoms with Crippen molar-refractivity contribution in [2.45, 2.75) is 4.90 Å². The summed E-state index contributed by atoms with van der Waals surface area (Å²) in [5, 5.41) is 1.43. The molecule has 0 aliphatic heterocycles. The van der Waals surface area contributed by atoms with Gasteiger partial charge in [-0.2, -0.15) is 8.42 Å². The zero-order chi connectivity index (χ0) is 9.90. The van der Waals surface area contributed by atoms with Crippen LogP contribution in [0.5, 0.6) is 0 Å². The van der Waals surface area contributed by atoms with Gasteiger partial charge < -0.3 is 0 Å². The van der Waals surface area contributed by atoms with E-state index in [1.807, 2.05) is 0 Å². The van der Waals surface area contributed by atoms with E-state index in [2.05, 4.69) is 4.40 Å². The lowest BCUT2D eigenvalue weighted by Crippen LogP contribution is -1.97. The molecule has 0 saturated carbocycles. The molecule has 68 valence electrons. The zero-order valence-corrected chi connectivity index (χ0v) is 7.76. The van der Waals surface area contributed by atoms with Gasteiger partial charge in [-0.1, -0.05) is 4.40 Å². The Morgan fingerprint density at radius 2 is 2.23 bits per heavy atom. The maximum Gasteiger partial charge on any atom is 0.294 e. The molecule has 0 aliphatic carbocycles. The molecule has 0 N–H and O–H groups in total. The van der Waals surface area contributed by atoms with Crippen molar-refractivity contribution < 1.29 is 18.0 Å². The molecule has 1 aromatic rings. The summed E-state index contributed by atoms with van der Waals surface area (Å²) < 4.78 is 24.8. The van der Waals surface area contributed by atoms with Crippen molar-refractivity contribution in [3.8, 4) is 0 Å². The molecule has 0 aromatic carbocycles. The first-order valence-electron chi connectivity index (χ1n) is 2.98. The van der Waals surface area contributed by atoms with E-state index in [1.165, 1.54) is 11.4 Å². The second-order valence-electron chi connectivity index (χ2n) is 1.92. The Morgan fingerprint density at radius 3 is 2.77 bits per heavy atom. The molecule has 13 heavy (non-hydrogen) atoms. The average Bonchev–Trinajstić information content (AvgIpc) is 2.51. The Kier molecular flexibility index (Phi) is 2.72. The van der Waals surface area contributed by atoms with Crippen LogP contribution in [0.1, 0.15) is 9.67 Å². The van der Waals surface area contributed by atoms with E-state index in [0.717, 1.165) is 17.4 Å². The Labute approximate surface area is 77.8 Å². The fraction of sp³-hybridized carbons (Fsp3) is 0. The molecule has 5 nitrogen and oxygen atoms in total. The molecule has 0 aliphatic rings. The molecule has 0 unspecified atom stereocenters. The van der Waals surface area contributed by atoms with Gasteiger partial charge in [0, 0.05) is 0 Å². The molecule has 1 aromatic heterocycles. The van der Waals surface area contributed by atoms with Gasteiger partial charge >= 0.3 is 0 Å². The number of isocyanates is 1. The molecule has 0 radical (unpaired) electrons. The van der Waals surface area contributed by atoms with Crippen LogP contribution in [-0.2, 0) is 14.8 Å². The molecule has 0 fully saturated rings. The van der Waals surface area contributed by atoms with E-state index < -0.39 is 10.0 Å². The van der Waals surface area contributed by atoms with Crippen LogP contribution in [0, 0.1) is 0 Å². The number of aldehydes is 1. The smallest absolute Gasteiger partial charge is 0.294 e. The van der Waals surface area contributed by atoms with Gasteiger partial charge in [-0.05, 0) is 11.4 Å². The Hall–Kier alpha value is -1.30. The summed E-state index contributed by atoms with van der Waals surface area (Å²) in [6.45, 7) is 0. The number of nitrogens with zero attached hydrogens (tertiary/aromatic N) is 1. The van der Waals surface area contributed by atoms with Crippen molar-refractivity contribution in [1.29, 1.82) is 0 Å². The number of hydrogen-bond donors (Lipinski definition) is 0. The highest BCUT2D eigenvalue weighted by molar-refractivity contribution is 7.90. The quantitative estimate of drug-likeness (QED) is 0.421. The third-order valence-electron chi connectivity index (χ3n) is 1.20. The van der Waals surface area contributed by atoms with Gasteiger partial charge in [0.1, 0.15) is 4.90 Å². The lowest BCUT2D eigenvalue weighted by Gasteiger charge is -1.91. The van der Waals surface area contributed by atoms with Crippen molar-refractivity contribution in [3.63, 3.8) is 0 Å². The van der Waals surface area contributed by atoms with Gasteiger partial charge in [0.25, 0.3) is 16.1 Å². The average molecular weight is 217 g/mol. The van der Waals surface area contributed by atoms with E-state index in [9.17, 15) is 18.0 Å². The number of hydrogen-bond acceptors (Lipinski definition) is 5. The number of carbonyl (C=O) groups is 1. The van der Waals surface area contributed by atoms with Crippen molar-refractivity contribution in [2.24, 2.45) is 4.40 Å². The molecule has 0 saturated heterocycles. The third-order valence-corrected chi connectivity index (χ3v) is 3.40. The maximum atomic E-state index is 11.1. The predicted molar refractivity (Wildman–Crippen MR) is 45.0 cm³/mol. The predicted octanol–water partition coefficient (Wildman–Crippen LogP) is 0.585. The topological polar surface area (TPSA) is 80.6 Å². The molecule has 0 atom stereocenters. The van der Waals surface area contributed by atoms with E-state index in [0.29, 0.717) is 6.29 Å². The summed E-state index contributed by atoms with van der Waals surface area (Å²) in [6, 6.07) is 1.21. The highest BCUT2D eigenvalue weighted by atomic mass is 32.2. The molecular formula is C6H3NO4S2. The Bertz CT molecular complexity index is 467. The summed E-state index contributed by atoms with van der Waals surface area (Å²) in [4.78, 5) is 19.9. The molecule has 7 heteroatoms. The minimum absolute atomic E-state index is 0.0269. The minimum Gasteiger partial charge on any atom is -0.297 e. The molecule has 0 bridgehead atoms. The van der Waals surface area contributed by atoms with Gasteiger partial charge in [0.2, 0.25) is 0 Å². The zero-order valence-electron chi connectivity index (χ0n) is 6.13. The number of sulfonamides is 1. The van der Waals surface area contributed by atoms with Crippen LogP contribution in [-0.4, -0.2) is 20.8 Å². The van der Waals surface area contributed by atoms with E-state index in [1.54, 1.807) is 0 Å². The number of rotatable bonds is 3. The summed E-state index contributed by atoms with van der Waals surface area (Å²) >= 11 is 0.965. The van der Waals surface area contributed by atoms with Gasteiger partial charge in [-0.25, -0.2) is 4.79 Å². The second kappa shape index (κ2) is 3.61. The lowest BCUT2D eigenvalue weighted by atomic mass is 10.5. The largest absolute Gasteiger partial charge is 0.297 e. The van der Waals surface area contributed by atoms with Gasteiger partial charge in [-0.15, -0.1) is 11.3 Å². The first-order chi connectivity index (χ1) is 6.11. The molecule has 0 amide bonds. The highest BCUT2D eigenvalue weighted by Crippen LogP contribution is 2.21. The fourth-order valence-electron chi connectivity index (χ4n) is 0.707. The first-order valence-corrected chi connectivity index (χ1v) is 5.30. The van der Waals surface area contributed by atoms with Gasteiger partial charge in [0.05, 0.1) is 4.88 Å². The lowest BCUT2D eigenvalue weighted by molar-refractivity contribution is 0.112. The van der Waals surface area contributed by atoms with Crippen LogP contribution >= 0.6 is 11.3 Å². The maximum absolute atomic E-state index is 11.1. The molecular weight excluding hydrogens is 214 g/mol. The van der Waals surface area contributed by atoms with Crippen LogP contribution < -0.4 is 0 Å². The molecule has 1 rings (SSSR count). The molecule has 1 heterocycles. The van der Waals surface area contributed by atoms with Crippen molar-refractivity contribution in [2.75, 3.05) is 0 Å². The van der Waals surface area contributed by atoms with Crippen molar-refractivity contribution in [1.82, 2.24) is 0 Å². The van der Waals surface area contributed by atoms with Gasteiger partial charge in [-0.3, -0.25) is 4.79 Å². The van der Waals surface area contributed by atoms with Crippen LogP contribution in [0.4, 0.5) is 0 Å². The summed E-state index contributed by atoms with van der Waals surface area (Å²) in [5.74, 6) is 0. The van der Waals surface area contributed by atoms with Gasteiger partial charge in [0.15, 0.2) is 6.29 Å². The monoisotopic (exact) mass is 217 g/mol. The SMILES string of the molecule is O=C=NS(=O)(=O)c1ccsc1C=O. The van der Waals surface area contributed by atoms with Crippen molar-refractivity contribution >= 4 is 33.7 Å². The molecule has 0 spiro atoms. The summed E-state index contributed by atoms with van der Waals surface area (Å²) in [7, 11) is -4.03. The second-order valence-corrected chi connectivity index (χ2v) is 4.44. The Balaban J connectivity index is 3.38. The number of carbonyl (C=O) groups excluding carboxylic acids is 2. The number of thiophene rings is 1. The van der Waals surface area contributed by atoms with Crippen LogP contribution in [0.15, 0.2) is 20.7 Å². The summed E-state index contributed by atoms with van der Waals surface area (Å²) in [5.41, 5.74) is 0. The van der Waals surface area contributed by atoms with Crippen LogP contribution in [0.25, 0.3) is 0 Å².